The molecule has 3 aliphatic rings. The Kier molecular flexibility index (Phi) is 6.22. The molecule has 2 heterocycles. The second kappa shape index (κ2) is 9.17. The molecule has 1 aromatic heterocycles. The minimum absolute atomic E-state index is 0.0152. The number of likely N-dealkylation sites (N-methyl/N-ethyl adjacent to an activating group) is 1. The van der Waals surface area contributed by atoms with E-state index in [0.29, 0.717) is 42.6 Å². The van der Waals surface area contributed by atoms with Gasteiger partial charge >= 0.3 is 6.18 Å². The third-order valence-electron chi connectivity index (χ3n) is 7.69. The zero-order valence-corrected chi connectivity index (χ0v) is 19.3. The third kappa shape index (κ3) is 4.89. The first-order valence-corrected chi connectivity index (χ1v) is 12.0. The molecule has 1 aliphatic heterocycles. The van der Waals surface area contributed by atoms with Gasteiger partial charge in [-0.1, -0.05) is 6.42 Å². The maximum absolute atomic E-state index is 13.6. The monoisotopic (exact) mass is 473 g/mol. The van der Waals surface area contributed by atoms with Crippen LogP contribution in [0.5, 0.6) is 0 Å². The number of carbonyl (C=O) groups excluding carboxylic acids is 1. The van der Waals surface area contributed by atoms with Gasteiger partial charge in [0.2, 0.25) is 5.95 Å². The number of carbonyl (C=O) groups is 1. The second-order valence-electron chi connectivity index (χ2n) is 9.99. The minimum Gasteiger partial charge on any atom is -0.336 e. The van der Waals surface area contributed by atoms with Gasteiger partial charge in [-0.2, -0.15) is 13.2 Å². The first-order valence-electron chi connectivity index (χ1n) is 12.0. The predicted molar refractivity (Wildman–Crippen MR) is 123 cm³/mol. The molecule has 2 aromatic rings. The smallest absolute Gasteiger partial charge is 0.336 e. The summed E-state index contributed by atoms with van der Waals surface area (Å²) >= 11 is 0. The van der Waals surface area contributed by atoms with E-state index in [1.165, 1.54) is 6.42 Å². The summed E-state index contributed by atoms with van der Waals surface area (Å²) in [7, 11) is 2.04. The number of amides is 1. The van der Waals surface area contributed by atoms with Crippen molar-refractivity contribution in [3.8, 4) is 0 Å². The van der Waals surface area contributed by atoms with Crippen molar-refractivity contribution >= 4 is 17.5 Å². The lowest BCUT2D eigenvalue weighted by Crippen LogP contribution is -2.47. The van der Waals surface area contributed by atoms with Gasteiger partial charge in [-0.05, 0) is 74.8 Å². The molecule has 6 nitrogen and oxygen atoms in total. The van der Waals surface area contributed by atoms with Crippen molar-refractivity contribution in [3.05, 3.63) is 47.3 Å². The number of nitrogens with zero attached hydrogens (tertiary/aromatic N) is 4. The first kappa shape index (κ1) is 23.1. The van der Waals surface area contributed by atoms with Crippen LogP contribution in [0.4, 0.5) is 24.8 Å². The number of aromatic nitrogens is 2. The number of piperazine rings is 1. The van der Waals surface area contributed by atoms with E-state index in [2.05, 4.69) is 20.2 Å². The number of fused-ring (bicyclic) bond motifs is 2. The molecule has 3 atom stereocenters. The number of nitrogens with one attached hydrogen (secondary N) is 1. The zero-order valence-electron chi connectivity index (χ0n) is 19.3. The standard InChI is InChI=1S/C25H30F3N5O/c1-32-8-10-33(11-9-32)23(34)17-4-6-20(7-5-17)30-24-29-15-21(25(26,27)28)22(31-24)14-19-13-16-2-3-18(19)12-16/h4-7,15-16,18-19H,2-3,8-14H2,1H3,(H,29,30,31)/t16-,18+,19-/m0/s1. The topological polar surface area (TPSA) is 61.4 Å². The molecule has 1 aromatic carbocycles. The summed E-state index contributed by atoms with van der Waals surface area (Å²) in [5.74, 6) is 1.57. The van der Waals surface area contributed by atoms with Gasteiger partial charge in [0.15, 0.2) is 0 Å². The number of alkyl halides is 3. The molecule has 2 saturated carbocycles. The highest BCUT2D eigenvalue weighted by atomic mass is 19.4. The number of anilines is 2. The van der Waals surface area contributed by atoms with Crippen LogP contribution in [-0.2, 0) is 12.6 Å². The van der Waals surface area contributed by atoms with Crippen molar-refractivity contribution in [3.63, 3.8) is 0 Å². The quantitative estimate of drug-likeness (QED) is 0.688. The molecular weight excluding hydrogens is 443 g/mol. The van der Waals surface area contributed by atoms with Gasteiger partial charge < -0.3 is 15.1 Å². The number of rotatable bonds is 5. The van der Waals surface area contributed by atoms with Gasteiger partial charge in [-0.15, -0.1) is 0 Å². The first-order chi connectivity index (χ1) is 16.3. The van der Waals surface area contributed by atoms with Crippen LogP contribution >= 0.6 is 0 Å². The molecule has 3 fully saturated rings. The summed E-state index contributed by atoms with van der Waals surface area (Å²) in [4.78, 5) is 25.0. The summed E-state index contributed by atoms with van der Waals surface area (Å²) in [6, 6.07) is 6.92. The van der Waals surface area contributed by atoms with Gasteiger partial charge in [0.25, 0.3) is 5.91 Å². The fourth-order valence-corrected chi connectivity index (χ4v) is 5.76. The lowest BCUT2D eigenvalue weighted by Gasteiger charge is -2.32. The lowest BCUT2D eigenvalue weighted by atomic mass is 9.85. The Morgan fingerprint density at radius 2 is 1.82 bits per heavy atom. The highest BCUT2D eigenvalue weighted by molar-refractivity contribution is 5.94. The molecule has 9 heteroatoms. The summed E-state index contributed by atoms with van der Waals surface area (Å²) in [6.45, 7) is 3.09. The van der Waals surface area contributed by atoms with Crippen LogP contribution in [0.15, 0.2) is 30.5 Å². The molecule has 2 bridgehead atoms. The molecule has 5 rings (SSSR count). The van der Waals surface area contributed by atoms with Gasteiger partial charge in [0.05, 0.1) is 11.3 Å². The summed E-state index contributed by atoms with van der Waals surface area (Å²) in [6.07, 6.45) is 1.22. The van der Waals surface area contributed by atoms with E-state index in [4.69, 9.17) is 0 Å². The maximum atomic E-state index is 13.6. The number of benzene rings is 1. The van der Waals surface area contributed by atoms with E-state index < -0.39 is 11.7 Å². The third-order valence-corrected chi connectivity index (χ3v) is 7.69. The van der Waals surface area contributed by atoms with Crippen LogP contribution in [-0.4, -0.2) is 58.9 Å². The van der Waals surface area contributed by atoms with E-state index in [1.54, 1.807) is 24.3 Å². The fourth-order valence-electron chi connectivity index (χ4n) is 5.76. The minimum atomic E-state index is -4.48. The normalized spacial score (nSPS) is 25.1. The highest BCUT2D eigenvalue weighted by Crippen LogP contribution is 2.49. The van der Waals surface area contributed by atoms with Crippen molar-refractivity contribution in [1.82, 2.24) is 19.8 Å². The fraction of sp³-hybridized carbons (Fsp3) is 0.560. The van der Waals surface area contributed by atoms with Crippen LogP contribution in [0, 0.1) is 17.8 Å². The number of hydrogen-bond acceptors (Lipinski definition) is 5. The molecule has 34 heavy (non-hydrogen) atoms. The molecule has 182 valence electrons. The van der Waals surface area contributed by atoms with E-state index in [1.807, 2.05) is 11.9 Å². The predicted octanol–water partition coefficient (Wildman–Crippen LogP) is 4.61. The van der Waals surface area contributed by atoms with Crippen LogP contribution < -0.4 is 5.32 Å². The van der Waals surface area contributed by atoms with Crippen molar-refractivity contribution in [1.29, 1.82) is 0 Å². The molecule has 1 saturated heterocycles. The average molecular weight is 474 g/mol. The van der Waals surface area contributed by atoms with Crippen LogP contribution in [0.1, 0.15) is 47.3 Å². The number of halogens is 3. The Labute approximate surface area is 197 Å². The van der Waals surface area contributed by atoms with Crippen LogP contribution in [0.2, 0.25) is 0 Å². The van der Waals surface area contributed by atoms with Gasteiger partial charge in [-0.3, -0.25) is 4.79 Å². The second-order valence-corrected chi connectivity index (χ2v) is 9.99. The molecule has 0 radical (unpaired) electrons. The van der Waals surface area contributed by atoms with Crippen molar-refractivity contribution in [2.45, 2.75) is 38.3 Å². The van der Waals surface area contributed by atoms with Crippen molar-refractivity contribution in [2.75, 3.05) is 38.5 Å². The van der Waals surface area contributed by atoms with Crippen LogP contribution in [0.3, 0.4) is 0 Å². The Morgan fingerprint density at radius 3 is 2.44 bits per heavy atom. The average Bonchev–Trinajstić information content (AvgIpc) is 3.42. The number of hydrogen-bond donors (Lipinski definition) is 1. The maximum Gasteiger partial charge on any atom is 0.419 e. The molecule has 1 N–H and O–H groups in total. The Hall–Kier alpha value is -2.68. The Balaban J connectivity index is 1.29. The molecule has 1 amide bonds. The summed E-state index contributed by atoms with van der Waals surface area (Å²) in [5, 5.41) is 3.01. The lowest BCUT2D eigenvalue weighted by molar-refractivity contribution is -0.138. The molecule has 2 aliphatic carbocycles. The molecule has 0 unspecified atom stereocenters. The summed E-state index contributed by atoms with van der Waals surface area (Å²) in [5.41, 5.74) is 0.541. The van der Waals surface area contributed by atoms with E-state index in [0.717, 1.165) is 38.5 Å². The summed E-state index contributed by atoms with van der Waals surface area (Å²) < 4.78 is 40.9. The zero-order chi connectivity index (χ0) is 23.9. The SMILES string of the molecule is CN1CCN(C(=O)c2ccc(Nc3ncc(C(F)(F)F)c(C[C@@H]4C[C@H]5CC[C@@H]4C5)n3)cc2)CC1. The van der Waals surface area contributed by atoms with Crippen molar-refractivity contribution < 1.29 is 18.0 Å². The molecular formula is C25H30F3N5O. The molecule has 0 spiro atoms. The van der Waals surface area contributed by atoms with Crippen LogP contribution in [0.25, 0.3) is 0 Å². The van der Waals surface area contributed by atoms with E-state index in [9.17, 15) is 18.0 Å². The Bertz CT molecular complexity index is 1030. The van der Waals surface area contributed by atoms with Crippen molar-refractivity contribution in [2.24, 2.45) is 17.8 Å². The van der Waals surface area contributed by atoms with E-state index >= 15 is 0 Å². The Morgan fingerprint density at radius 1 is 1.09 bits per heavy atom. The van der Waals surface area contributed by atoms with Gasteiger partial charge in [-0.25, -0.2) is 9.97 Å². The van der Waals surface area contributed by atoms with E-state index in [-0.39, 0.29) is 23.5 Å². The van der Waals surface area contributed by atoms with Gasteiger partial charge in [0, 0.05) is 43.6 Å². The van der Waals surface area contributed by atoms with Gasteiger partial charge in [0.1, 0.15) is 0 Å². The highest BCUT2D eigenvalue weighted by Gasteiger charge is 2.42. The largest absolute Gasteiger partial charge is 0.419 e.